The van der Waals surface area contributed by atoms with Gasteiger partial charge in [0.25, 0.3) is 0 Å². The van der Waals surface area contributed by atoms with E-state index in [-0.39, 0.29) is 0 Å². The van der Waals surface area contributed by atoms with Gasteiger partial charge in [-0.05, 0) is 47.2 Å². The van der Waals surface area contributed by atoms with Crippen molar-refractivity contribution in [3.05, 3.63) is 152 Å². The Hall–Kier alpha value is -5.80. The number of aromatic nitrogens is 3. The van der Waals surface area contributed by atoms with Crippen molar-refractivity contribution in [3.8, 4) is 28.2 Å². The van der Waals surface area contributed by atoms with E-state index < -0.39 is 0 Å². The molecule has 0 aliphatic heterocycles. The fraction of sp³-hybridized carbons (Fsp3) is 0. The van der Waals surface area contributed by atoms with Crippen LogP contribution in [0.5, 0.6) is 0 Å². The molecule has 0 spiro atoms. The molecule has 3 heterocycles. The summed E-state index contributed by atoms with van der Waals surface area (Å²) in [6.45, 7) is 0. The summed E-state index contributed by atoms with van der Waals surface area (Å²) >= 11 is 0. The molecule has 0 atom stereocenters. The Kier molecular flexibility index (Phi) is 5.20. The number of nitrogens with zero attached hydrogens (tertiary/aromatic N) is 3. The van der Waals surface area contributed by atoms with Crippen molar-refractivity contribution < 1.29 is 0 Å². The number of benzene rings is 6. The standard InChI is InChI=1S/C40H25N3/c1-2-13-30-26(10-1)22-23-41-39(30)27-11-9-12-29(24-27)43-37-19-8-6-16-33(37)34-21-20-28(25-38(34)43)40-35-17-4-3-14-31(35)32-15-5-7-18-36(32)42-40/h1-25H. The largest absolute Gasteiger partial charge is 0.309 e. The van der Waals surface area contributed by atoms with Crippen molar-refractivity contribution >= 4 is 54.3 Å². The molecule has 0 saturated carbocycles. The number of pyridine rings is 2. The zero-order valence-electron chi connectivity index (χ0n) is 23.3. The molecule has 0 unspecified atom stereocenters. The van der Waals surface area contributed by atoms with Crippen LogP contribution in [0.1, 0.15) is 0 Å². The van der Waals surface area contributed by atoms with Crippen LogP contribution >= 0.6 is 0 Å². The van der Waals surface area contributed by atoms with Crippen LogP contribution in [0.25, 0.3) is 82.5 Å². The van der Waals surface area contributed by atoms with Crippen LogP contribution in [0.2, 0.25) is 0 Å². The first-order valence-corrected chi connectivity index (χ1v) is 14.6. The van der Waals surface area contributed by atoms with Gasteiger partial charge in [0.2, 0.25) is 0 Å². The molecule has 0 fully saturated rings. The van der Waals surface area contributed by atoms with Gasteiger partial charge in [-0.3, -0.25) is 4.98 Å². The Morgan fingerprint density at radius 1 is 0.419 bits per heavy atom. The second-order valence-corrected chi connectivity index (χ2v) is 11.0. The van der Waals surface area contributed by atoms with Crippen molar-refractivity contribution in [2.45, 2.75) is 0 Å². The number of hydrogen-bond donors (Lipinski definition) is 0. The van der Waals surface area contributed by atoms with Gasteiger partial charge in [0, 0.05) is 49.9 Å². The topological polar surface area (TPSA) is 30.7 Å². The molecular formula is C40H25N3. The zero-order chi connectivity index (χ0) is 28.3. The van der Waals surface area contributed by atoms with Crippen molar-refractivity contribution in [2.75, 3.05) is 0 Å². The summed E-state index contributed by atoms with van der Waals surface area (Å²) in [5.74, 6) is 0. The van der Waals surface area contributed by atoms with E-state index in [2.05, 4.69) is 150 Å². The monoisotopic (exact) mass is 547 g/mol. The Bertz CT molecular complexity index is 2520. The molecule has 0 N–H and O–H groups in total. The third kappa shape index (κ3) is 3.68. The van der Waals surface area contributed by atoms with Crippen LogP contribution in [-0.4, -0.2) is 14.5 Å². The molecular weight excluding hydrogens is 522 g/mol. The van der Waals surface area contributed by atoms with Gasteiger partial charge in [-0.1, -0.05) is 109 Å². The minimum Gasteiger partial charge on any atom is -0.309 e. The second-order valence-electron chi connectivity index (χ2n) is 11.0. The van der Waals surface area contributed by atoms with Crippen LogP contribution in [0, 0.1) is 0 Å². The van der Waals surface area contributed by atoms with Crippen LogP contribution in [0.3, 0.4) is 0 Å². The van der Waals surface area contributed by atoms with E-state index in [0.717, 1.165) is 50.0 Å². The fourth-order valence-corrected chi connectivity index (χ4v) is 6.66. The van der Waals surface area contributed by atoms with Crippen LogP contribution in [-0.2, 0) is 0 Å². The normalized spacial score (nSPS) is 11.7. The number of fused-ring (bicyclic) bond motifs is 7. The first-order valence-electron chi connectivity index (χ1n) is 14.6. The highest BCUT2D eigenvalue weighted by Gasteiger charge is 2.16. The molecule has 9 aromatic rings. The van der Waals surface area contributed by atoms with Crippen molar-refractivity contribution in [1.82, 2.24) is 14.5 Å². The van der Waals surface area contributed by atoms with E-state index in [1.165, 1.54) is 32.4 Å². The number of rotatable bonds is 3. The molecule has 3 heteroatoms. The molecule has 0 radical (unpaired) electrons. The van der Waals surface area contributed by atoms with Gasteiger partial charge in [0.15, 0.2) is 0 Å². The lowest BCUT2D eigenvalue weighted by atomic mass is 9.99. The lowest BCUT2D eigenvalue weighted by Crippen LogP contribution is -1.96. The van der Waals surface area contributed by atoms with E-state index in [1.807, 2.05) is 6.20 Å². The number of para-hydroxylation sites is 2. The molecule has 0 aliphatic carbocycles. The van der Waals surface area contributed by atoms with Gasteiger partial charge < -0.3 is 4.57 Å². The SMILES string of the molecule is c1cc(-c2nccc3ccccc23)cc(-n2c3ccccc3c3ccc(-c4nc5ccccc5c5ccccc45)cc32)c1. The third-order valence-electron chi connectivity index (χ3n) is 8.61. The number of hydrogen-bond acceptors (Lipinski definition) is 2. The van der Waals surface area contributed by atoms with Crippen molar-refractivity contribution in [3.63, 3.8) is 0 Å². The van der Waals surface area contributed by atoms with Gasteiger partial charge in [-0.2, -0.15) is 0 Å². The van der Waals surface area contributed by atoms with Gasteiger partial charge in [0.05, 0.1) is 27.9 Å². The maximum Gasteiger partial charge on any atom is 0.0788 e. The van der Waals surface area contributed by atoms with E-state index in [4.69, 9.17) is 9.97 Å². The molecule has 3 aromatic heterocycles. The quantitative estimate of drug-likeness (QED) is 0.206. The van der Waals surface area contributed by atoms with Gasteiger partial charge in [-0.15, -0.1) is 0 Å². The first kappa shape index (κ1) is 23.9. The minimum atomic E-state index is 0.994. The highest BCUT2D eigenvalue weighted by molar-refractivity contribution is 6.13. The molecule has 0 saturated heterocycles. The highest BCUT2D eigenvalue weighted by Crippen LogP contribution is 2.38. The second kappa shape index (κ2) is 9.37. The van der Waals surface area contributed by atoms with Crippen LogP contribution in [0.4, 0.5) is 0 Å². The third-order valence-corrected chi connectivity index (χ3v) is 8.61. The van der Waals surface area contributed by atoms with E-state index in [1.54, 1.807) is 0 Å². The molecule has 0 amide bonds. The fourth-order valence-electron chi connectivity index (χ4n) is 6.66. The smallest absolute Gasteiger partial charge is 0.0788 e. The first-order chi connectivity index (χ1) is 21.3. The zero-order valence-corrected chi connectivity index (χ0v) is 23.3. The molecule has 200 valence electrons. The summed E-state index contributed by atoms with van der Waals surface area (Å²) in [6, 6.07) is 51.7. The molecule has 0 aliphatic rings. The minimum absolute atomic E-state index is 0.994. The van der Waals surface area contributed by atoms with E-state index in [9.17, 15) is 0 Å². The maximum atomic E-state index is 5.20. The van der Waals surface area contributed by atoms with Gasteiger partial charge >= 0.3 is 0 Å². The lowest BCUT2D eigenvalue weighted by molar-refractivity contribution is 1.18. The summed E-state index contributed by atoms with van der Waals surface area (Å²) in [4.78, 5) is 10.0. The Morgan fingerprint density at radius 2 is 1.12 bits per heavy atom. The summed E-state index contributed by atoms with van der Waals surface area (Å²) in [5.41, 5.74) is 8.63. The van der Waals surface area contributed by atoms with Gasteiger partial charge in [-0.25, -0.2) is 4.98 Å². The van der Waals surface area contributed by atoms with Crippen molar-refractivity contribution in [1.29, 1.82) is 0 Å². The summed E-state index contributed by atoms with van der Waals surface area (Å²) in [5, 5.41) is 8.35. The molecule has 43 heavy (non-hydrogen) atoms. The predicted molar refractivity (Wildman–Crippen MR) is 180 cm³/mol. The van der Waals surface area contributed by atoms with E-state index >= 15 is 0 Å². The molecule has 9 rings (SSSR count). The van der Waals surface area contributed by atoms with Gasteiger partial charge in [0.1, 0.15) is 0 Å². The van der Waals surface area contributed by atoms with Crippen molar-refractivity contribution in [2.24, 2.45) is 0 Å². The van der Waals surface area contributed by atoms with Crippen LogP contribution < -0.4 is 0 Å². The lowest BCUT2D eigenvalue weighted by Gasteiger charge is -2.13. The predicted octanol–water partition coefficient (Wildman–Crippen LogP) is 10.4. The average Bonchev–Trinajstić information content (AvgIpc) is 3.41. The maximum absolute atomic E-state index is 5.20. The average molecular weight is 548 g/mol. The summed E-state index contributed by atoms with van der Waals surface area (Å²) in [6.07, 6.45) is 1.90. The Balaban J connectivity index is 1.31. The van der Waals surface area contributed by atoms with Crippen LogP contribution in [0.15, 0.2) is 152 Å². The molecule has 3 nitrogen and oxygen atoms in total. The highest BCUT2D eigenvalue weighted by atomic mass is 15.0. The Labute approximate surface area is 248 Å². The molecule has 0 bridgehead atoms. The summed E-state index contributed by atoms with van der Waals surface area (Å²) < 4.78 is 2.38. The summed E-state index contributed by atoms with van der Waals surface area (Å²) in [7, 11) is 0. The Morgan fingerprint density at radius 3 is 2.02 bits per heavy atom. The van der Waals surface area contributed by atoms with E-state index in [0.29, 0.717) is 0 Å². The molecule has 6 aromatic carbocycles.